The Balaban J connectivity index is 1.43. The lowest BCUT2D eigenvalue weighted by Gasteiger charge is -2.32. The van der Waals surface area contributed by atoms with Crippen molar-refractivity contribution in [1.82, 2.24) is 24.0 Å². The van der Waals surface area contributed by atoms with E-state index >= 15 is 0 Å². The molecule has 7 heteroatoms. The highest BCUT2D eigenvalue weighted by molar-refractivity contribution is 7.09. The van der Waals surface area contributed by atoms with Crippen LogP contribution in [0.25, 0.3) is 21.5 Å². The van der Waals surface area contributed by atoms with E-state index in [0.29, 0.717) is 12.2 Å². The maximum Gasteiger partial charge on any atom is 0.275 e. The fraction of sp³-hybridized carbons (Fsp3) is 0.333. The molecule has 0 saturated carbocycles. The third kappa shape index (κ3) is 3.74. The molecule has 3 heterocycles. The number of likely N-dealkylation sites (tertiary alicyclic amines) is 1. The van der Waals surface area contributed by atoms with Crippen LogP contribution in [0.4, 0.5) is 0 Å². The standard InChI is InChI=1S/C24H25N5OS/c1-2-14-29-20-13-7-6-12-19(20)25-23(29)18-11-8-15-28(16-18)24(30)21-22(31-27-26-21)17-9-4-3-5-10-17/h3-7,9-10,12-13,18H,2,8,11,14-16H2,1H3. The number of imidazole rings is 1. The Kier molecular flexibility index (Phi) is 5.51. The van der Waals surface area contributed by atoms with Gasteiger partial charge < -0.3 is 9.47 Å². The summed E-state index contributed by atoms with van der Waals surface area (Å²) in [5.74, 6) is 1.29. The summed E-state index contributed by atoms with van der Waals surface area (Å²) in [7, 11) is 0. The highest BCUT2D eigenvalue weighted by Gasteiger charge is 2.31. The second-order valence-corrected chi connectivity index (χ2v) is 8.77. The first kappa shape index (κ1) is 19.9. The van der Waals surface area contributed by atoms with Gasteiger partial charge in [0.2, 0.25) is 0 Å². The molecular formula is C24H25N5OS. The SMILES string of the molecule is CCCn1c(C2CCCN(C(=O)c3nnsc3-c3ccccc3)C2)nc2ccccc21. The van der Waals surface area contributed by atoms with Gasteiger partial charge in [-0.3, -0.25) is 4.79 Å². The lowest BCUT2D eigenvalue weighted by Crippen LogP contribution is -2.40. The Morgan fingerprint density at radius 3 is 2.77 bits per heavy atom. The van der Waals surface area contributed by atoms with Gasteiger partial charge in [0.15, 0.2) is 5.69 Å². The molecule has 158 valence electrons. The molecule has 1 aliphatic rings. The first-order valence-corrected chi connectivity index (χ1v) is 11.7. The summed E-state index contributed by atoms with van der Waals surface area (Å²) in [6, 6.07) is 18.2. The summed E-state index contributed by atoms with van der Waals surface area (Å²) in [5.41, 5.74) is 3.65. The van der Waals surface area contributed by atoms with Crippen LogP contribution in [0.3, 0.4) is 0 Å². The Hall–Kier alpha value is -3.06. The van der Waals surface area contributed by atoms with E-state index in [2.05, 4.69) is 39.3 Å². The Morgan fingerprint density at radius 1 is 1.13 bits per heavy atom. The first-order valence-electron chi connectivity index (χ1n) is 10.9. The number of hydrogen-bond donors (Lipinski definition) is 0. The van der Waals surface area contributed by atoms with Gasteiger partial charge in [-0.15, -0.1) is 5.10 Å². The molecule has 1 amide bonds. The maximum atomic E-state index is 13.4. The summed E-state index contributed by atoms with van der Waals surface area (Å²) in [4.78, 5) is 21.2. The lowest BCUT2D eigenvalue weighted by molar-refractivity contribution is 0.0698. The quantitative estimate of drug-likeness (QED) is 0.447. The molecular weight excluding hydrogens is 406 g/mol. The van der Waals surface area contributed by atoms with Crippen LogP contribution in [-0.2, 0) is 6.54 Å². The number of benzene rings is 2. The van der Waals surface area contributed by atoms with Crippen LogP contribution in [0.15, 0.2) is 54.6 Å². The summed E-state index contributed by atoms with van der Waals surface area (Å²) in [5, 5.41) is 4.20. The van der Waals surface area contributed by atoms with Crippen LogP contribution in [-0.4, -0.2) is 43.0 Å². The summed E-state index contributed by atoms with van der Waals surface area (Å²) in [6.07, 6.45) is 3.05. The van der Waals surface area contributed by atoms with Gasteiger partial charge in [-0.25, -0.2) is 4.98 Å². The van der Waals surface area contributed by atoms with Crippen molar-refractivity contribution in [2.45, 2.75) is 38.6 Å². The molecule has 1 fully saturated rings. The highest BCUT2D eigenvalue weighted by Crippen LogP contribution is 2.32. The molecule has 1 aliphatic heterocycles. The van der Waals surface area contributed by atoms with Crippen molar-refractivity contribution in [3.63, 3.8) is 0 Å². The van der Waals surface area contributed by atoms with E-state index in [0.717, 1.165) is 54.1 Å². The fourth-order valence-electron chi connectivity index (χ4n) is 4.50. The van der Waals surface area contributed by atoms with Crippen LogP contribution < -0.4 is 0 Å². The van der Waals surface area contributed by atoms with E-state index < -0.39 is 0 Å². The number of aromatic nitrogens is 4. The van der Waals surface area contributed by atoms with E-state index in [1.165, 1.54) is 17.0 Å². The van der Waals surface area contributed by atoms with Crippen molar-refractivity contribution in [2.24, 2.45) is 0 Å². The molecule has 4 aromatic rings. The van der Waals surface area contributed by atoms with Gasteiger partial charge in [0.25, 0.3) is 5.91 Å². The number of carbonyl (C=O) groups excluding carboxylic acids is 1. The van der Waals surface area contributed by atoms with Crippen LogP contribution in [0.2, 0.25) is 0 Å². The van der Waals surface area contributed by atoms with Crippen molar-refractivity contribution >= 4 is 28.5 Å². The molecule has 2 aromatic carbocycles. The van der Waals surface area contributed by atoms with Crippen LogP contribution in [0.5, 0.6) is 0 Å². The minimum absolute atomic E-state index is 0.0320. The Bertz CT molecular complexity index is 1200. The van der Waals surface area contributed by atoms with Gasteiger partial charge in [-0.05, 0) is 48.5 Å². The minimum atomic E-state index is -0.0320. The van der Waals surface area contributed by atoms with E-state index in [1.54, 1.807) is 0 Å². The second-order valence-electron chi connectivity index (χ2n) is 8.02. The number of fused-ring (bicyclic) bond motifs is 1. The maximum absolute atomic E-state index is 13.4. The number of piperidine rings is 1. The van der Waals surface area contributed by atoms with Gasteiger partial charge >= 0.3 is 0 Å². The van der Waals surface area contributed by atoms with E-state index in [-0.39, 0.29) is 11.8 Å². The molecule has 1 unspecified atom stereocenters. The third-order valence-electron chi connectivity index (χ3n) is 5.93. The van der Waals surface area contributed by atoms with E-state index in [1.807, 2.05) is 41.3 Å². The number of aryl methyl sites for hydroxylation is 1. The van der Waals surface area contributed by atoms with Crippen LogP contribution in [0, 0.1) is 0 Å². The monoisotopic (exact) mass is 431 g/mol. The van der Waals surface area contributed by atoms with Gasteiger partial charge in [0, 0.05) is 25.6 Å². The largest absolute Gasteiger partial charge is 0.336 e. The van der Waals surface area contributed by atoms with E-state index in [9.17, 15) is 4.79 Å². The smallest absolute Gasteiger partial charge is 0.275 e. The average molecular weight is 432 g/mol. The second kappa shape index (κ2) is 8.59. The van der Waals surface area contributed by atoms with E-state index in [4.69, 9.17) is 4.98 Å². The summed E-state index contributed by atoms with van der Waals surface area (Å²) in [6.45, 7) is 4.54. The van der Waals surface area contributed by atoms with Gasteiger partial charge in [0.05, 0.1) is 15.9 Å². The number of carbonyl (C=O) groups is 1. The van der Waals surface area contributed by atoms with Crippen molar-refractivity contribution in [2.75, 3.05) is 13.1 Å². The number of hydrogen-bond acceptors (Lipinski definition) is 5. The minimum Gasteiger partial charge on any atom is -0.336 e. The fourth-order valence-corrected chi connectivity index (χ4v) is 5.16. The third-order valence-corrected chi connectivity index (χ3v) is 6.71. The molecule has 0 bridgehead atoms. The molecule has 2 aromatic heterocycles. The Morgan fingerprint density at radius 2 is 1.94 bits per heavy atom. The number of rotatable bonds is 5. The van der Waals surface area contributed by atoms with Gasteiger partial charge in [-0.1, -0.05) is 53.9 Å². The van der Waals surface area contributed by atoms with Crippen LogP contribution in [0.1, 0.15) is 48.4 Å². The Labute approximate surface area is 185 Å². The average Bonchev–Trinajstić information content (AvgIpc) is 3.45. The zero-order chi connectivity index (χ0) is 21.2. The summed E-state index contributed by atoms with van der Waals surface area (Å²) >= 11 is 1.28. The predicted octanol–water partition coefficient (Wildman–Crippen LogP) is 4.98. The van der Waals surface area contributed by atoms with Crippen LogP contribution >= 0.6 is 11.5 Å². The molecule has 0 spiro atoms. The molecule has 6 nitrogen and oxygen atoms in total. The normalized spacial score (nSPS) is 16.7. The number of amides is 1. The molecule has 31 heavy (non-hydrogen) atoms. The predicted molar refractivity (Wildman–Crippen MR) is 123 cm³/mol. The van der Waals surface area contributed by atoms with Crippen molar-refractivity contribution in [3.05, 3.63) is 66.1 Å². The van der Waals surface area contributed by atoms with Crippen molar-refractivity contribution < 1.29 is 4.79 Å². The topological polar surface area (TPSA) is 63.9 Å². The number of nitrogens with zero attached hydrogens (tertiary/aromatic N) is 5. The first-order chi connectivity index (χ1) is 15.3. The molecule has 0 radical (unpaired) electrons. The molecule has 1 saturated heterocycles. The molecule has 0 aliphatic carbocycles. The molecule has 5 rings (SSSR count). The molecule has 0 N–H and O–H groups in total. The molecule has 1 atom stereocenters. The van der Waals surface area contributed by atoms with Crippen molar-refractivity contribution in [3.8, 4) is 10.4 Å². The number of para-hydroxylation sites is 2. The zero-order valence-corrected chi connectivity index (χ0v) is 18.4. The summed E-state index contributed by atoms with van der Waals surface area (Å²) < 4.78 is 6.43. The van der Waals surface area contributed by atoms with Gasteiger partial charge in [-0.2, -0.15) is 0 Å². The van der Waals surface area contributed by atoms with Gasteiger partial charge in [0.1, 0.15) is 5.82 Å². The van der Waals surface area contributed by atoms with Crippen molar-refractivity contribution in [1.29, 1.82) is 0 Å². The zero-order valence-electron chi connectivity index (χ0n) is 17.6. The lowest BCUT2D eigenvalue weighted by atomic mass is 9.96. The highest BCUT2D eigenvalue weighted by atomic mass is 32.1.